The van der Waals surface area contributed by atoms with E-state index in [4.69, 9.17) is 23.2 Å². The Morgan fingerprint density at radius 3 is 1.31 bits per heavy atom. The maximum atomic E-state index is 8.89. The van der Waals surface area contributed by atoms with Crippen molar-refractivity contribution < 1.29 is 23.2 Å². The lowest BCUT2D eigenvalue weighted by atomic mass is 10.9. The minimum absolute atomic E-state index is 0.667. The third kappa shape index (κ3) is 10.1. The second-order valence-electron chi connectivity index (χ2n) is 2.83. The molecule has 0 aliphatic rings. The molecule has 0 aromatic heterocycles. The Morgan fingerprint density at radius 1 is 0.938 bits per heavy atom. The van der Waals surface area contributed by atoms with Crippen LogP contribution in [0.15, 0.2) is 0 Å². The van der Waals surface area contributed by atoms with Crippen molar-refractivity contribution >= 4 is 14.8 Å². The van der Waals surface area contributed by atoms with E-state index in [-0.39, 0.29) is 0 Å². The Kier molecular flexibility index (Phi) is 12.4. The van der Waals surface area contributed by atoms with E-state index in [1.807, 2.05) is 27.7 Å². The lowest BCUT2D eigenvalue weighted by molar-refractivity contribution is -0.140. The van der Waals surface area contributed by atoms with Gasteiger partial charge >= 0.3 is 14.8 Å². The van der Waals surface area contributed by atoms with Crippen molar-refractivity contribution in [3.05, 3.63) is 0 Å². The summed E-state index contributed by atoms with van der Waals surface area (Å²) in [6.07, 6.45) is 0. The Morgan fingerprint density at radius 2 is 1.19 bits per heavy atom. The zero-order valence-corrected chi connectivity index (χ0v) is 11.9. The second-order valence-corrected chi connectivity index (χ2v) is 5.77. The molecule has 0 aliphatic heterocycles. The van der Waals surface area contributed by atoms with Gasteiger partial charge in [-0.1, -0.05) is 6.92 Å². The normalized spacial score (nSPS) is 10.6. The molecule has 0 heterocycles. The highest BCUT2D eigenvalue weighted by molar-refractivity contribution is 6.60. The zero-order chi connectivity index (χ0) is 13.0. The summed E-state index contributed by atoms with van der Waals surface area (Å²) in [5, 5.41) is 8.89. The van der Waals surface area contributed by atoms with Crippen LogP contribution in [0.3, 0.4) is 0 Å². The molecule has 0 aromatic carbocycles. The SMILES string of the molecule is CC([O])=O.CCO[Si](CC)(OCC)OCC. The molecule has 5 nitrogen and oxygen atoms in total. The van der Waals surface area contributed by atoms with Crippen LogP contribution in [0, 0.1) is 0 Å². The fraction of sp³-hybridized carbons (Fsp3) is 0.900. The Balaban J connectivity index is 0. The number of carbonyl (C=O) groups is 1. The number of rotatable bonds is 7. The van der Waals surface area contributed by atoms with E-state index in [0.29, 0.717) is 19.8 Å². The lowest BCUT2D eigenvalue weighted by Gasteiger charge is -2.26. The molecule has 97 valence electrons. The summed E-state index contributed by atoms with van der Waals surface area (Å²) >= 11 is 0. The molecule has 0 amide bonds. The first-order valence-corrected chi connectivity index (χ1v) is 7.50. The molecule has 0 rings (SSSR count). The van der Waals surface area contributed by atoms with E-state index in [0.717, 1.165) is 13.0 Å². The van der Waals surface area contributed by atoms with E-state index in [1.165, 1.54) is 0 Å². The molecule has 1 radical (unpaired) electrons. The van der Waals surface area contributed by atoms with E-state index < -0.39 is 14.8 Å². The summed E-state index contributed by atoms with van der Waals surface area (Å²) in [4.78, 5) is 8.89. The van der Waals surface area contributed by atoms with Gasteiger partial charge < -0.3 is 13.3 Å². The molecule has 0 aromatic rings. The number of carbonyl (C=O) groups excluding carboxylic acids is 1. The lowest BCUT2D eigenvalue weighted by Crippen LogP contribution is -2.45. The first-order valence-electron chi connectivity index (χ1n) is 5.57. The van der Waals surface area contributed by atoms with Crippen molar-refractivity contribution in [3.63, 3.8) is 0 Å². The molecule has 0 unspecified atom stereocenters. The standard InChI is InChI=1S/C8H20O3Si.C2H3O2/c1-5-9-12(8-4,10-6-2)11-7-3;1-2(3)4/h5-8H2,1-4H3;1H3. The average Bonchev–Trinajstić information content (AvgIpc) is 2.18. The molecule has 0 fully saturated rings. The molecule has 0 aliphatic carbocycles. The van der Waals surface area contributed by atoms with Crippen molar-refractivity contribution in [2.45, 2.75) is 40.7 Å². The van der Waals surface area contributed by atoms with Crippen molar-refractivity contribution in [2.75, 3.05) is 19.8 Å². The van der Waals surface area contributed by atoms with E-state index in [9.17, 15) is 0 Å². The minimum Gasteiger partial charge on any atom is -0.374 e. The maximum absolute atomic E-state index is 8.89. The Bertz CT molecular complexity index is 154. The summed E-state index contributed by atoms with van der Waals surface area (Å²) in [5.74, 6) is -1.08. The van der Waals surface area contributed by atoms with E-state index in [2.05, 4.69) is 0 Å². The second kappa shape index (κ2) is 11.1. The summed E-state index contributed by atoms with van der Waals surface area (Å²) in [7, 11) is -2.27. The van der Waals surface area contributed by atoms with Gasteiger partial charge in [-0.15, -0.1) is 0 Å². The average molecular weight is 251 g/mol. The van der Waals surface area contributed by atoms with Crippen LogP contribution in [0.2, 0.25) is 6.04 Å². The van der Waals surface area contributed by atoms with Gasteiger partial charge in [-0.3, -0.25) is 0 Å². The predicted molar refractivity (Wildman–Crippen MR) is 62.5 cm³/mol. The maximum Gasteiger partial charge on any atom is 0.500 e. The highest BCUT2D eigenvalue weighted by Crippen LogP contribution is 2.14. The van der Waals surface area contributed by atoms with Crippen LogP contribution >= 0.6 is 0 Å². The van der Waals surface area contributed by atoms with Gasteiger partial charge in [-0.05, 0) is 20.8 Å². The van der Waals surface area contributed by atoms with Gasteiger partial charge in [0.2, 0.25) is 0 Å². The van der Waals surface area contributed by atoms with Crippen LogP contribution in [0.4, 0.5) is 0 Å². The Hall–Kier alpha value is -0.433. The van der Waals surface area contributed by atoms with Crippen LogP contribution in [0.25, 0.3) is 0 Å². The first-order chi connectivity index (χ1) is 7.47. The molecule has 0 saturated heterocycles. The largest absolute Gasteiger partial charge is 0.500 e. The molecule has 6 heteroatoms. The Labute approximate surface area is 99.1 Å². The fourth-order valence-corrected chi connectivity index (χ4v) is 3.27. The van der Waals surface area contributed by atoms with Crippen LogP contribution in [-0.2, 0) is 23.2 Å². The summed E-state index contributed by atoms with van der Waals surface area (Å²) in [5.41, 5.74) is 0. The van der Waals surface area contributed by atoms with Gasteiger partial charge in [0.15, 0.2) is 0 Å². The van der Waals surface area contributed by atoms with E-state index in [1.54, 1.807) is 0 Å². The van der Waals surface area contributed by atoms with Crippen molar-refractivity contribution in [1.29, 1.82) is 0 Å². The van der Waals surface area contributed by atoms with E-state index >= 15 is 0 Å². The summed E-state index contributed by atoms with van der Waals surface area (Å²) < 4.78 is 16.7. The monoisotopic (exact) mass is 251 g/mol. The topological polar surface area (TPSA) is 64.7 Å². The van der Waals surface area contributed by atoms with Crippen LogP contribution in [-0.4, -0.2) is 34.6 Å². The molecule has 0 N–H and O–H groups in total. The molecular formula is C10H23O5Si. The molecule has 0 bridgehead atoms. The van der Waals surface area contributed by atoms with Crippen LogP contribution in [0.1, 0.15) is 34.6 Å². The summed E-state index contributed by atoms with van der Waals surface area (Å²) in [6, 6.07) is 0.850. The minimum atomic E-state index is -2.27. The van der Waals surface area contributed by atoms with Gasteiger partial charge in [0.05, 0.1) is 0 Å². The van der Waals surface area contributed by atoms with Gasteiger partial charge in [0.1, 0.15) is 0 Å². The molecule has 0 saturated carbocycles. The highest BCUT2D eigenvalue weighted by atomic mass is 28.4. The third-order valence-corrected chi connectivity index (χ3v) is 4.58. The number of hydrogen-bond acceptors (Lipinski definition) is 4. The molecule has 0 spiro atoms. The summed E-state index contributed by atoms with van der Waals surface area (Å²) in [6.45, 7) is 10.9. The molecule has 16 heavy (non-hydrogen) atoms. The smallest absolute Gasteiger partial charge is 0.374 e. The van der Waals surface area contributed by atoms with Crippen LogP contribution < -0.4 is 0 Å². The van der Waals surface area contributed by atoms with Gasteiger partial charge in [0.25, 0.3) is 0 Å². The predicted octanol–water partition coefficient (Wildman–Crippen LogP) is 2.02. The van der Waals surface area contributed by atoms with Gasteiger partial charge in [-0.2, -0.15) is 0 Å². The zero-order valence-electron chi connectivity index (χ0n) is 10.9. The first kappa shape index (κ1) is 17.9. The number of hydrogen-bond donors (Lipinski definition) is 0. The van der Waals surface area contributed by atoms with Crippen molar-refractivity contribution in [3.8, 4) is 0 Å². The van der Waals surface area contributed by atoms with Crippen LogP contribution in [0.5, 0.6) is 0 Å². The van der Waals surface area contributed by atoms with Gasteiger partial charge in [-0.25, -0.2) is 9.90 Å². The molecule has 0 atom stereocenters. The van der Waals surface area contributed by atoms with Crippen molar-refractivity contribution in [1.82, 2.24) is 0 Å². The quantitative estimate of drug-likeness (QED) is 0.649. The van der Waals surface area contributed by atoms with Crippen molar-refractivity contribution in [2.24, 2.45) is 0 Å². The third-order valence-electron chi connectivity index (χ3n) is 1.53. The fourth-order valence-electron chi connectivity index (χ4n) is 1.09. The van der Waals surface area contributed by atoms with Gasteiger partial charge in [0, 0.05) is 32.8 Å². The highest BCUT2D eigenvalue weighted by Gasteiger charge is 2.37. The molecular weight excluding hydrogens is 228 g/mol.